The predicted molar refractivity (Wildman–Crippen MR) is 80.3 cm³/mol. The van der Waals surface area contributed by atoms with Gasteiger partial charge in [0.15, 0.2) is 6.61 Å². The number of hydrogen-bond acceptors (Lipinski definition) is 5. The number of aromatic nitrogens is 1. The van der Waals surface area contributed by atoms with E-state index in [4.69, 9.17) is 4.74 Å². The minimum atomic E-state index is -0.399. The highest BCUT2D eigenvalue weighted by Gasteiger charge is 2.02. The molecule has 0 radical (unpaired) electrons. The number of rotatable bonds is 6. The van der Waals surface area contributed by atoms with Gasteiger partial charge in [0.25, 0.3) is 0 Å². The standard InChI is InChI=1S/C16H18N2O3/c1-12-7-8-17-9-13(12)10-18-14-3-5-15(6-4-14)21-11-16(19)20-2/h3-9,18H,10-11H2,1-2H3. The first-order valence-electron chi connectivity index (χ1n) is 6.62. The monoisotopic (exact) mass is 286 g/mol. The van der Waals surface area contributed by atoms with E-state index >= 15 is 0 Å². The van der Waals surface area contributed by atoms with Gasteiger partial charge in [0.05, 0.1) is 7.11 Å². The zero-order valence-corrected chi connectivity index (χ0v) is 12.1. The van der Waals surface area contributed by atoms with Gasteiger partial charge in [-0.1, -0.05) is 0 Å². The number of carbonyl (C=O) groups excluding carboxylic acids is 1. The topological polar surface area (TPSA) is 60.5 Å². The number of esters is 1. The van der Waals surface area contributed by atoms with Gasteiger partial charge in [0.1, 0.15) is 5.75 Å². The summed E-state index contributed by atoms with van der Waals surface area (Å²) >= 11 is 0. The molecule has 2 aromatic rings. The number of carbonyl (C=O) groups is 1. The van der Waals surface area contributed by atoms with E-state index in [1.165, 1.54) is 12.7 Å². The summed E-state index contributed by atoms with van der Waals surface area (Å²) < 4.78 is 9.80. The molecule has 0 atom stereocenters. The number of hydrogen-bond donors (Lipinski definition) is 1. The van der Waals surface area contributed by atoms with Crippen LogP contribution in [0.15, 0.2) is 42.7 Å². The molecule has 0 aliphatic heterocycles. The summed E-state index contributed by atoms with van der Waals surface area (Å²) in [6.45, 7) is 2.68. The Kier molecular flexibility index (Phi) is 5.15. The third-order valence-electron chi connectivity index (χ3n) is 3.07. The Balaban J connectivity index is 1.88. The summed E-state index contributed by atoms with van der Waals surface area (Å²) in [7, 11) is 1.33. The van der Waals surface area contributed by atoms with Gasteiger partial charge in [-0.05, 0) is 48.4 Å². The number of ether oxygens (including phenoxy) is 2. The van der Waals surface area contributed by atoms with E-state index in [0.717, 1.165) is 11.3 Å². The number of aryl methyl sites for hydroxylation is 1. The smallest absolute Gasteiger partial charge is 0.343 e. The van der Waals surface area contributed by atoms with Gasteiger partial charge in [-0.15, -0.1) is 0 Å². The van der Waals surface area contributed by atoms with Crippen LogP contribution >= 0.6 is 0 Å². The normalized spacial score (nSPS) is 10.0. The molecule has 1 aromatic carbocycles. The average molecular weight is 286 g/mol. The molecule has 0 amide bonds. The van der Waals surface area contributed by atoms with Crippen molar-refractivity contribution in [3.8, 4) is 5.75 Å². The van der Waals surface area contributed by atoms with Crippen LogP contribution < -0.4 is 10.1 Å². The van der Waals surface area contributed by atoms with Crippen LogP contribution in [-0.4, -0.2) is 24.7 Å². The molecule has 0 aliphatic rings. The Hall–Kier alpha value is -2.56. The van der Waals surface area contributed by atoms with Crippen molar-refractivity contribution in [1.29, 1.82) is 0 Å². The fraction of sp³-hybridized carbons (Fsp3) is 0.250. The van der Waals surface area contributed by atoms with Crippen molar-refractivity contribution < 1.29 is 14.3 Å². The van der Waals surface area contributed by atoms with Gasteiger partial charge in [-0.3, -0.25) is 4.98 Å². The van der Waals surface area contributed by atoms with Crippen molar-refractivity contribution in [1.82, 2.24) is 4.98 Å². The zero-order valence-electron chi connectivity index (χ0n) is 12.1. The molecular formula is C16H18N2O3. The Morgan fingerprint density at radius 3 is 2.67 bits per heavy atom. The predicted octanol–water partition coefficient (Wildman–Crippen LogP) is 2.55. The first kappa shape index (κ1) is 14.8. The van der Waals surface area contributed by atoms with Crippen LogP contribution in [0.3, 0.4) is 0 Å². The van der Waals surface area contributed by atoms with Gasteiger partial charge < -0.3 is 14.8 Å². The highest BCUT2D eigenvalue weighted by Crippen LogP contribution is 2.17. The number of benzene rings is 1. The Morgan fingerprint density at radius 2 is 2.00 bits per heavy atom. The summed E-state index contributed by atoms with van der Waals surface area (Å²) in [6.07, 6.45) is 3.64. The lowest BCUT2D eigenvalue weighted by molar-refractivity contribution is -0.142. The van der Waals surface area contributed by atoms with E-state index in [9.17, 15) is 4.79 Å². The minimum absolute atomic E-state index is 0.0852. The van der Waals surface area contributed by atoms with Crippen LogP contribution in [0.1, 0.15) is 11.1 Å². The second kappa shape index (κ2) is 7.28. The molecule has 0 aliphatic carbocycles. The average Bonchev–Trinajstić information content (AvgIpc) is 2.53. The molecule has 5 nitrogen and oxygen atoms in total. The third kappa shape index (κ3) is 4.49. The molecule has 0 unspecified atom stereocenters. The van der Waals surface area contributed by atoms with Gasteiger partial charge in [-0.25, -0.2) is 4.79 Å². The summed E-state index contributed by atoms with van der Waals surface area (Å²) in [6, 6.07) is 9.40. The Morgan fingerprint density at radius 1 is 1.24 bits per heavy atom. The fourth-order valence-corrected chi connectivity index (χ4v) is 1.75. The summed E-state index contributed by atoms with van der Waals surface area (Å²) in [4.78, 5) is 15.1. The molecule has 1 heterocycles. The van der Waals surface area contributed by atoms with E-state index in [1.54, 1.807) is 18.3 Å². The number of nitrogens with zero attached hydrogens (tertiary/aromatic N) is 1. The molecule has 5 heteroatoms. The molecule has 0 fully saturated rings. The second-order valence-electron chi connectivity index (χ2n) is 4.54. The van der Waals surface area contributed by atoms with E-state index in [-0.39, 0.29) is 6.61 Å². The number of methoxy groups -OCH3 is 1. The summed E-state index contributed by atoms with van der Waals surface area (Å²) in [5.41, 5.74) is 3.34. The maximum atomic E-state index is 11.0. The largest absolute Gasteiger partial charge is 0.482 e. The molecule has 2 rings (SSSR count). The molecule has 0 spiro atoms. The van der Waals surface area contributed by atoms with Crippen LogP contribution in [0, 0.1) is 6.92 Å². The molecule has 0 saturated heterocycles. The zero-order chi connectivity index (χ0) is 15.1. The van der Waals surface area contributed by atoms with E-state index in [0.29, 0.717) is 12.3 Å². The number of anilines is 1. The van der Waals surface area contributed by atoms with Crippen LogP contribution in [0.5, 0.6) is 5.75 Å². The van der Waals surface area contributed by atoms with Gasteiger partial charge in [0.2, 0.25) is 0 Å². The van der Waals surface area contributed by atoms with Crippen molar-refractivity contribution in [2.75, 3.05) is 19.0 Å². The van der Waals surface area contributed by atoms with Crippen molar-refractivity contribution in [3.63, 3.8) is 0 Å². The third-order valence-corrected chi connectivity index (χ3v) is 3.07. The molecule has 21 heavy (non-hydrogen) atoms. The van der Waals surface area contributed by atoms with E-state index in [2.05, 4.69) is 22.0 Å². The number of nitrogens with one attached hydrogen (secondary N) is 1. The van der Waals surface area contributed by atoms with Crippen LogP contribution in [0.4, 0.5) is 5.69 Å². The number of pyridine rings is 1. The van der Waals surface area contributed by atoms with Crippen molar-refractivity contribution in [3.05, 3.63) is 53.9 Å². The van der Waals surface area contributed by atoms with Crippen LogP contribution in [-0.2, 0) is 16.1 Å². The maximum absolute atomic E-state index is 11.0. The molecule has 1 aromatic heterocycles. The first-order valence-corrected chi connectivity index (χ1v) is 6.62. The lowest BCUT2D eigenvalue weighted by Crippen LogP contribution is -2.12. The molecule has 1 N–H and O–H groups in total. The molecular weight excluding hydrogens is 268 g/mol. The van der Waals surface area contributed by atoms with Gasteiger partial charge in [0, 0.05) is 24.6 Å². The minimum Gasteiger partial charge on any atom is -0.482 e. The molecule has 0 saturated carbocycles. The highest BCUT2D eigenvalue weighted by atomic mass is 16.6. The van der Waals surface area contributed by atoms with Gasteiger partial charge >= 0.3 is 5.97 Å². The van der Waals surface area contributed by atoms with Gasteiger partial charge in [-0.2, -0.15) is 0 Å². The quantitative estimate of drug-likeness (QED) is 0.827. The fourth-order valence-electron chi connectivity index (χ4n) is 1.75. The molecule has 0 bridgehead atoms. The summed E-state index contributed by atoms with van der Waals surface area (Å²) in [5.74, 6) is 0.229. The summed E-state index contributed by atoms with van der Waals surface area (Å²) in [5, 5.41) is 3.32. The van der Waals surface area contributed by atoms with E-state index in [1.807, 2.05) is 24.4 Å². The highest BCUT2D eigenvalue weighted by molar-refractivity contribution is 5.70. The SMILES string of the molecule is COC(=O)COc1ccc(NCc2cnccc2C)cc1. The lowest BCUT2D eigenvalue weighted by atomic mass is 10.1. The van der Waals surface area contributed by atoms with Crippen molar-refractivity contribution in [2.24, 2.45) is 0 Å². The maximum Gasteiger partial charge on any atom is 0.343 e. The van der Waals surface area contributed by atoms with Crippen molar-refractivity contribution in [2.45, 2.75) is 13.5 Å². The first-order chi connectivity index (χ1) is 10.2. The second-order valence-corrected chi connectivity index (χ2v) is 4.54. The van der Waals surface area contributed by atoms with Crippen molar-refractivity contribution >= 4 is 11.7 Å². The molecule has 110 valence electrons. The Labute approximate surface area is 123 Å². The van der Waals surface area contributed by atoms with Crippen LogP contribution in [0.25, 0.3) is 0 Å². The Bertz CT molecular complexity index is 597. The lowest BCUT2D eigenvalue weighted by Gasteiger charge is -2.09. The van der Waals surface area contributed by atoms with Crippen LogP contribution in [0.2, 0.25) is 0 Å². The van der Waals surface area contributed by atoms with E-state index < -0.39 is 5.97 Å².